The Morgan fingerprint density at radius 2 is 2.07 bits per heavy atom. The van der Waals surface area contributed by atoms with Crippen molar-refractivity contribution in [3.8, 4) is 0 Å². The van der Waals surface area contributed by atoms with E-state index in [2.05, 4.69) is 13.8 Å². The normalized spacial score (nSPS) is 13.0. The number of aryl methyl sites for hydroxylation is 1. The van der Waals surface area contributed by atoms with E-state index in [1.807, 2.05) is 17.0 Å². The quantitative estimate of drug-likeness (QED) is 0.708. The molecule has 0 fully saturated rings. The lowest BCUT2D eigenvalue weighted by Crippen LogP contribution is -2.24. The first-order chi connectivity index (χ1) is 7.19. The maximum Gasteiger partial charge on any atom is 0.327 e. The smallest absolute Gasteiger partial charge is 0.302 e. The third-order valence-electron chi connectivity index (χ3n) is 3.02. The molecule has 3 nitrogen and oxygen atoms in total. The molecule has 86 valence electrons. The Bertz CT molecular complexity index is 338. The van der Waals surface area contributed by atoms with Gasteiger partial charge >= 0.3 is 5.69 Å². The van der Waals surface area contributed by atoms with Gasteiger partial charge in [-0.3, -0.25) is 4.57 Å². The fraction of sp³-hybridized carbons (Fsp3) is 0.750. The van der Waals surface area contributed by atoms with Gasteiger partial charge in [0, 0.05) is 26.0 Å². The van der Waals surface area contributed by atoms with Crippen molar-refractivity contribution in [2.24, 2.45) is 13.0 Å². The zero-order valence-corrected chi connectivity index (χ0v) is 10.1. The van der Waals surface area contributed by atoms with Gasteiger partial charge in [-0.1, -0.05) is 33.1 Å². The van der Waals surface area contributed by atoms with Crippen LogP contribution in [-0.2, 0) is 13.6 Å². The predicted molar refractivity (Wildman–Crippen MR) is 63.0 cm³/mol. The lowest BCUT2D eigenvalue weighted by Gasteiger charge is -2.14. The van der Waals surface area contributed by atoms with Gasteiger partial charge in [-0.15, -0.1) is 0 Å². The van der Waals surface area contributed by atoms with E-state index in [1.165, 1.54) is 19.3 Å². The largest absolute Gasteiger partial charge is 0.327 e. The van der Waals surface area contributed by atoms with E-state index in [1.54, 1.807) is 11.6 Å². The minimum atomic E-state index is 0.102. The summed E-state index contributed by atoms with van der Waals surface area (Å²) in [5.74, 6) is 0.644. The van der Waals surface area contributed by atoms with Gasteiger partial charge in [0.05, 0.1) is 0 Å². The Hall–Kier alpha value is -0.990. The van der Waals surface area contributed by atoms with Crippen LogP contribution in [0.25, 0.3) is 0 Å². The highest BCUT2D eigenvalue weighted by Gasteiger charge is 2.08. The van der Waals surface area contributed by atoms with Crippen LogP contribution in [0.1, 0.15) is 39.5 Å². The van der Waals surface area contributed by atoms with Crippen LogP contribution in [0.4, 0.5) is 0 Å². The van der Waals surface area contributed by atoms with Gasteiger partial charge in [0.1, 0.15) is 0 Å². The minimum Gasteiger partial charge on any atom is -0.302 e. The molecule has 1 atom stereocenters. The Morgan fingerprint density at radius 3 is 2.53 bits per heavy atom. The zero-order valence-electron chi connectivity index (χ0n) is 10.1. The number of rotatable bonds is 6. The summed E-state index contributed by atoms with van der Waals surface area (Å²) in [5.41, 5.74) is 0.102. The SMILES string of the molecule is CCCCC(CC)Cn1ccn(C)c1=O. The second-order valence-corrected chi connectivity index (χ2v) is 4.26. The molecule has 0 aliphatic carbocycles. The molecule has 0 N–H and O–H groups in total. The molecule has 0 aliphatic rings. The van der Waals surface area contributed by atoms with Crippen LogP contribution >= 0.6 is 0 Å². The Morgan fingerprint density at radius 1 is 1.33 bits per heavy atom. The summed E-state index contributed by atoms with van der Waals surface area (Å²) >= 11 is 0. The number of imidazole rings is 1. The van der Waals surface area contributed by atoms with Crippen molar-refractivity contribution in [1.82, 2.24) is 9.13 Å². The van der Waals surface area contributed by atoms with Gasteiger partial charge in [0.25, 0.3) is 0 Å². The average Bonchev–Trinajstić information content (AvgIpc) is 2.55. The molecule has 0 aromatic carbocycles. The summed E-state index contributed by atoms with van der Waals surface area (Å²) in [7, 11) is 1.80. The molecule has 0 aliphatic heterocycles. The van der Waals surface area contributed by atoms with Crippen LogP contribution in [0.15, 0.2) is 17.2 Å². The Kier molecular flexibility index (Phi) is 4.66. The summed E-state index contributed by atoms with van der Waals surface area (Å²) in [4.78, 5) is 11.6. The average molecular weight is 210 g/mol. The first kappa shape index (κ1) is 12.1. The molecule has 1 rings (SSSR count). The zero-order chi connectivity index (χ0) is 11.3. The lowest BCUT2D eigenvalue weighted by atomic mass is 9.99. The number of unbranched alkanes of at least 4 members (excludes halogenated alkanes) is 1. The third-order valence-corrected chi connectivity index (χ3v) is 3.02. The highest BCUT2D eigenvalue weighted by molar-refractivity contribution is 4.80. The van der Waals surface area contributed by atoms with Gasteiger partial charge in [-0.25, -0.2) is 4.79 Å². The number of hydrogen-bond donors (Lipinski definition) is 0. The van der Waals surface area contributed by atoms with E-state index in [4.69, 9.17) is 0 Å². The first-order valence-electron chi connectivity index (χ1n) is 5.90. The molecule has 0 bridgehead atoms. The van der Waals surface area contributed by atoms with Gasteiger partial charge in [-0.2, -0.15) is 0 Å². The van der Waals surface area contributed by atoms with E-state index >= 15 is 0 Å². The van der Waals surface area contributed by atoms with Crippen molar-refractivity contribution in [1.29, 1.82) is 0 Å². The predicted octanol–water partition coefficient (Wildman–Crippen LogP) is 2.40. The highest BCUT2D eigenvalue weighted by Crippen LogP contribution is 2.13. The van der Waals surface area contributed by atoms with Gasteiger partial charge in [0.2, 0.25) is 0 Å². The fourth-order valence-electron chi connectivity index (χ4n) is 1.85. The molecule has 0 saturated carbocycles. The molecule has 0 spiro atoms. The monoisotopic (exact) mass is 210 g/mol. The number of hydrogen-bond acceptors (Lipinski definition) is 1. The molecule has 1 unspecified atom stereocenters. The van der Waals surface area contributed by atoms with Crippen LogP contribution in [0.3, 0.4) is 0 Å². The first-order valence-corrected chi connectivity index (χ1v) is 5.90. The molecular weight excluding hydrogens is 188 g/mol. The van der Waals surface area contributed by atoms with Crippen molar-refractivity contribution in [3.63, 3.8) is 0 Å². The molecule has 0 radical (unpaired) electrons. The molecule has 0 saturated heterocycles. The van der Waals surface area contributed by atoms with Crippen LogP contribution in [0.2, 0.25) is 0 Å². The molecule has 15 heavy (non-hydrogen) atoms. The van der Waals surface area contributed by atoms with Crippen LogP contribution in [0, 0.1) is 5.92 Å². The summed E-state index contributed by atoms with van der Waals surface area (Å²) in [5, 5.41) is 0. The number of aromatic nitrogens is 2. The van der Waals surface area contributed by atoms with Crippen LogP contribution in [0.5, 0.6) is 0 Å². The summed E-state index contributed by atoms with van der Waals surface area (Å²) in [6.45, 7) is 5.28. The van der Waals surface area contributed by atoms with Gasteiger partial charge < -0.3 is 4.57 Å². The minimum absolute atomic E-state index is 0.102. The fourth-order valence-corrected chi connectivity index (χ4v) is 1.85. The second kappa shape index (κ2) is 5.79. The molecular formula is C12H22N2O. The van der Waals surface area contributed by atoms with Crippen molar-refractivity contribution in [2.45, 2.75) is 46.1 Å². The van der Waals surface area contributed by atoms with E-state index in [9.17, 15) is 4.79 Å². The van der Waals surface area contributed by atoms with Gasteiger partial charge in [0.15, 0.2) is 0 Å². The van der Waals surface area contributed by atoms with E-state index in [0.29, 0.717) is 5.92 Å². The molecule has 1 aromatic heterocycles. The van der Waals surface area contributed by atoms with E-state index < -0.39 is 0 Å². The highest BCUT2D eigenvalue weighted by atomic mass is 16.1. The topological polar surface area (TPSA) is 26.9 Å². The van der Waals surface area contributed by atoms with Crippen LogP contribution < -0.4 is 5.69 Å². The molecule has 0 amide bonds. The molecule has 3 heteroatoms. The molecule has 1 aromatic rings. The Labute approximate surface area is 91.7 Å². The lowest BCUT2D eigenvalue weighted by molar-refractivity contribution is 0.384. The summed E-state index contributed by atoms with van der Waals surface area (Å²) < 4.78 is 3.45. The maximum atomic E-state index is 11.6. The maximum absolute atomic E-state index is 11.6. The van der Waals surface area contributed by atoms with E-state index in [0.717, 1.165) is 13.0 Å². The van der Waals surface area contributed by atoms with E-state index in [-0.39, 0.29) is 5.69 Å². The van der Waals surface area contributed by atoms with Crippen LogP contribution in [-0.4, -0.2) is 9.13 Å². The van der Waals surface area contributed by atoms with Gasteiger partial charge in [-0.05, 0) is 12.3 Å². The summed E-state index contributed by atoms with van der Waals surface area (Å²) in [6, 6.07) is 0. The number of nitrogens with zero attached hydrogens (tertiary/aromatic N) is 2. The Balaban J connectivity index is 2.58. The standard InChI is InChI=1S/C12H22N2O/c1-4-6-7-11(5-2)10-14-9-8-13(3)12(14)15/h8-9,11H,4-7,10H2,1-3H3. The van der Waals surface area contributed by atoms with Crippen molar-refractivity contribution < 1.29 is 0 Å². The second-order valence-electron chi connectivity index (χ2n) is 4.26. The van der Waals surface area contributed by atoms with Crippen molar-refractivity contribution in [3.05, 3.63) is 22.9 Å². The van der Waals surface area contributed by atoms with Crippen molar-refractivity contribution in [2.75, 3.05) is 0 Å². The molecule has 1 heterocycles. The third kappa shape index (κ3) is 3.26. The summed E-state index contributed by atoms with van der Waals surface area (Å²) in [6.07, 6.45) is 8.60. The van der Waals surface area contributed by atoms with Crippen molar-refractivity contribution >= 4 is 0 Å².